The first-order valence-electron chi connectivity index (χ1n) is 4.15. The second-order valence-corrected chi connectivity index (χ2v) is 3.92. The molecule has 0 aliphatic rings. The molecule has 0 aliphatic heterocycles. The Kier molecular flexibility index (Phi) is 5.83. The van der Waals surface area contributed by atoms with Crippen molar-refractivity contribution in [3.63, 3.8) is 0 Å². The minimum atomic E-state index is -0.474. The lowest BCUT2D eigenvalue weighted by Crippen LogP contribution is -2.10. The number of nitrogens with one attached hydrogen (secondary N) is 1. The number of imidazole rings is 1. The lowest BCUT2D eigenvalue weighted by atomic mass is 10.6. The van der Waals surface area contributed by atoms with Gasteiger partial charge in [0.25, 0.3) is 0 Å². The van der Waals surface area contributed by atoms with Gasteiger partial charge in [0, 0.05) is 12.7 Å². The Morgan fingerprint density at radius 3 is 2.94 bits per heavy atom. The molecule has 1 rings (SSSR count). The summed E-state index contributed by atoms with van der Waals surface area (Å²) in [7, 11) is 0. The van der Waals surface area contributed by atoms with E-state index >= 15 is 0 Å². The molecule has 0 aliphatic carbocycles. The molecule has 0 fully saturated rings. The standard InChI is InChI=1S/C7H11N5O2S.ClH/c1-5-10-4-6(12(13)14)11(5)2-3-15-7(8)9;/h4H,2-3H2,1H3,(H3,8,9);1H. The monoisotopic (exact) mass is 265 g/mol. The van der Waals surface area contributed by atoms with Gasteiger partial charge >= 0.3 is 5.82 Å². The summed E-state index contributed by atoms with van der Waals surface area (Å²) in [5.74, 6) is 1.08. The fraction of sp³-hybridized carbons (Fsp3) is 0.429. The number of thioether (sulfide) groups is 1. The summed E-state index contributed by atoms with van der Waals surface area (Å²) in [6, 6.07) is 0. The number of aryl methyl sites for hydroxylation is 1. The van der Waals surface area contributed by atoms with Crippen molar-refractivity contribution in [2.45, 2.75) is 13.5 Å². The number of aromatic nitrogens is 2. The van der Waals surface area contributed by atoms with Crippen LogP contribution in [0.1, 0.15) is 5.82 Å². The molecule has 0 unspecified atom stereocenters. The topological polar surface area (TPSA) is 111 Å². The molecule has 0 bridgehead atoms. The van der Waals surface area contributed by atoms with Gasteiger partial charge in [-0.15, -0.1) is 12.4 Å². The van der Waals surface area contributed by atoms with E-state index in [4.69, 9.17) is 11.1 Å². The first-order valence-corrected chi connectivity index (χ1v) is 5.14. The molecule has 1 aromatic heterocycles. The molecule has 0 amide bonds. The van der Waals surface area contributed by atoms with Crippen molar-refractivity contribution in [3.05, 3.63) is 22.1 Å². The predicted octanol–water partition coefficient (Wildman–Crippen LogP) is 1.15. The Bertz CT molecular complexity index is 394. The Morgan fingerprint density at radius 1 is 1.81 bits per heavy atom. The van der Waals surface area contributed by atoms with E-state index in [9.17, 15) is 10.1 Å². The second-order valence-electron chi connectivity index (χ2n) is 2.79. The Labute approximate surface area is 102 Å². The zero-order chi connectivity index (χ0) is 11.4. The van der Waals surface area contributed by atoms with Gasteiger partial charge in [-0.25, -0.2) is 9.55 Å². The Morgan fingerprint density at radius 2 is 2.44 bits per heavy atom. The van der Waals surface area contributed by atoms with Crippen LogP contribution in [0, 0.1) is 22.4 Å². The number of hydrogen-bond acceptors (Lipinski definition) is 5. The van der Waals surface area contributed by atoms with E-state index in [1.54, 1.807) is 6.92 Å². The summed E-state index contributed by atoms with van der Waals surface area (Å²) >= 11 is 1.15. The van der Waals surface area contributed by atoms with E-state index in [-0.39, 0.29) is 23.4 Å². The Balaban J connectivity index is 0.00000225. The quantitative estimate of drug-likeness (QED) is 0.367. The average molecular weight is 266 g/mol. The fourth-order valence-corrected chi connectivity index (χ4v) is 1.62. The molecule has 16 heavy (non-hydrogen) atoms. The molecule has 0 saturated carbocycles. The maximum atomic E-state index is 10.6. The van der Waals surface area contributed by atoms with Crippen molar-refractivity contribution >= 4 is 35.2 Å². The summed E-state index contributed by atoms with van der Waals surface area (Å²) < 4.78 is 1.50. The number of halogens is 1. The molecule has 9 heteroatoms. The highest BCUT2D eigenvalue weighted by Gasteiger charge is 2.16. The van der Waals surface area contributed by atoms with Crippen LogP contribution in [-0.4, -0.2) is 25.4 Å². The zero-order valence-electron chi connectivity index (χ0n) is 8.54. The SMILES string of the molecule is Cc1ncc([N+](=O)[O-])n1CCSC(=N)N.Cl. The predicted molar refractivity (Wildman–Crippen MR) is 65.2 cm³/mol. The molecule has 90 valence electrons. The van der Waals surface area contributed by atoms with Gasteiger partial charge in [0.2, 0.25) is 0 Å². The summed E-state index contributed by atoms with van der Waals surface area (Å²) in [5, 5.41) is 17.6. The average Bonchev–Trinajstić information content (AvgIpc) is 2.47. The van der Waals surface area contributed by atoms with Crippen molar-refractivity contribution < 1.29 is 4.92 Å². The molecule has 0 radical (unpaired) electrons. The van der Waals surface area contributed by atoms with Crippen LogP contribution in [-0.2, 0) is 6.54 Å². The molecule has 0 aromatic carbocycles. The second kappa shape index (κ2) is 6.33. The molecular formula is C7H12ClN5O2S. The van der Waals surface area contributed by atoms with Crippen LogP contribution in [0.5, 0.6) is 0 Å². The van der Waals surface area contributed by atoms with E-state index in [1.165, 1.54) is 10.8 Å². The molecule has 0 atom stereocenters. The number of rotatable bonds is 4. The largest absolute Gasteiger partial charge is 0.379 e. The van der Waals surface area contributed by atoms with Crippen molar-refractivity contribution in [1.29, 1.82) is 5.41 Å². The maximum Gasteiger partial charge on any atom is 0.342 e. The van der Waals surface area contributed by atoms with Crippen LogP contribution in [0.4, 0.5) is 5.82 Å². The van der Waals surface area contributed by atoms with E-state index < -0.39 is 4.92 Å². The van der Waals surface area contributed by atoms with E-state index in [1.807, 2.05) is 0 Å². The van der Waals surface area contributed by atoms with Crippen molar-refractivity contribution in [2.75, 3.05) is 5.75 Å². The summed E-state index contributed by atoms with van der Waals surface area (Å²) in [4.78, 5) is 14.0. The summed E-state index contributed by atoms with van der Waals surface area (Å²) in [6.45, 7) is 2.12. The summed E-state index contributed by atoms with van der Waals surface area (Å²) in [5.41, 5.74) is 5.16. The van der Waals surface area contributed by atoms with Crippen molar-refractivity contribution in [1.82, 2.24) is 9.55 Å². The molecular weight excluding hydrogens is 254 g/mol. The summed E-state index contributed by atoms with van der Waals surface area (Å²) in [6.07, 6.45) is 1.23. The zero-order valence-corrected chi connectivity index (χ0v) is 10.2. The van der Waals surface area contributed by atoms with Crippen LogP contribution >= 0.6 is 24.2 Å². The minimum absolute atomic E-state index is 0. The van der Waals surface area contributed by atoms with Crippen LogP contribution in [0.2, 0.25) is 0 Å². The maximum absolute atomic E-state index is 10.6. The number of nitro groups is 1. The smallest absolute Gasteiger partial charge is 0.342 e. The first-order chi connectivity index (χ1) is 7.02. The molecule has 0 saturated heterocycles. The van der Waals surface area contributed by atoms with E-state index in [2.05, 4.69) is 4.98 Å². The first kappa shape index (κ1) is 14.7. The molecule has 1 heterocycles. The number of hydrogen-bond donors (Lipinski definition) is 2. The van der Waals surface area contributed by atoms with Crippen molar-refractivity contribution in [2.24, 2.45) is 5.73 Å². The highest BCUT2D eigenvalue weighted by atomic mass is 35.5. The van der Waals surface area contributed by atoms with Gasteiger partial charge < -0.3 is 15.8 Å². The van der Waals surface area contributed by atoms with Crippen LogP contribution < -0.4 is 5.73 Å². The third-order valence-electron chi connectivity index (χ3n) is 1.79. The highest BCUT2D eigenvalue weighted by molar-refractivity contribution is 8.13. The molecule has 0 spiro atoms. The third kappa shape index (κ3) is 3.70. The number of amidine groups is 1. The van der Waals surface area contributed by atoms with Crippen LogP contribution in [0.25, 0.3) is 0 Å². The highest BCUT2D eigenvalue weighted by Crippen LogP contribution is 2.14. The molecule has 3 N–H and O–H groups in total. The number of nitrogens with zero attached hydrogens (tertiary/aromatic N) is 3. The van der Waals surface area contributed by atoms with Gasteiger partial charge in [0.05, 0.1) is 0 Å². The van der Waals surface area contributed by atoms with Gasteiger partial charge in [-0.1, -0.05) is 11.8 Å². The lowest BCUT2D eigenvalue weighted by molar-refractivity contribution is -0.392. The van der Waals surface area contributed by atoms with E-state index in [0.29, 0.717) is 18.1 Å². The van der Waals surface area contributed by atoms with Gasteiger partial charge in [-0.05, 0) is 4.92 Å². The normalized spacial score (nSPS) is 9.56. The lowest BCUT2D eigenvalue weighted by Gasteiger charge is -2.01. The number of nitrogens with two attached hydrogens (primary N) is 1. The van der Waals surface area contributed by atoms with Gasteiger partial charge in [-0.3, -0.25) is 5.41 Å². The Hall–Kier alpha value is -1.28. The minimum Gasteiger partial charge on any atom is -0.379 e. The molecule has 1 aromatic rings. The van der Waals surface area contributed by atoms with Crippen LogP contribution in [0.3, 0.4) is 0 Å². The van der Waals surface area contributed by atoms with Gasteiger partial charge in [0.15, 0.2) is 11.0 Å². The van der Waals surface area contributed by atoms with Gasteiger partial charge in [-0.2, -0.15) is 0 Å². The third-order valence-corrected chi connectivity index (χ3v) is 2.49. The fourth-order valence-electron chi connectivity index (χ4n) is 1.13. The van der Waals surface area contributed by atoms with E-state index in [0.717, 1.165) is 11.8 Å². The van der Waals surface area contributed by atoms with Crippen LogP contribution in [0.15, 0.2) is 6.20 Å². The molecule has 7 nitrogen and oxygen atoms in total. The van der Waals surface area contributed by atoms with Crippen molar-refractivity contribution in [3.8, 4) is 0 Å². The van der Waals surface area contributed by atoms with Gasteiger partial charge in [0.1, 0.15) is 12.7 Å².